The minimum Gasteiger partial charge on any atom is -0.497 e. The van der Waals surface area contributed by atoms with E-state index in [4.69, 9.17) is 18.4 Å². The summed E-state index contributed by atoms with van der Waals surface area (Å²) in [5.74, 6) is 0.724. The Morgan fingerprint density at radius 3 is 2.24 bits per heavy atom. The van der Waals surface area contributed by atoms with Crippen LogP contribution in [0.3, 0.4) is 0 Å². The SMILES string of the molecule is CCC(C)N(Cc1ccc(OC)c(OS(=O)(=O)c2cccc(C(F)(F)F)c2)c1)C(=O)Nc1ccc(OC)cc1OC. The summed E-state index contributed by atoms with van der Waals surface area (Å²) in [7, 11) is -0.400. The Labute approximate surface area is 236 Å². The predicted octanol–water partition coefficient (Wildman–Crippen LogP) is 6.33. The highest BCUT2D eigenvalue weighted by Gasteiger charge is 2.32. The molecular weight excluding hydrogens is 565 g/mol. The number of halogens is 3. The molecule has 222 valence electrons. The number of carbonyl (C=O) groups excluding carboxylic acids is 1. The number of amides is 2. The number of carbonyl (C=O) groups is 1. The highest BCUT2D eigenvalue weighted by Crippen LogP contribution is 2.34. The number of rotatable bonds is 11. The summed E-state index contributed by atoms with van der Waals surface area (Å²) >= 11 is 0. The number of ether oxygens (including phenoxy) is 3. The first kappa shape index (κ1) is 31.4. The average molecular weight is 597 g/mol. The Kier molecular flexibility index (Phi) is 9.97. The normalized spacial score (nSPS) is 12.3. The van der Waals surface area contributed by atoms with Gasteiger partial charge in [0.2, 0.25) is 0 Å². The second-order valence-corrected chi connectivity index (χ2v) is 10.5. The lowest BCUT2D eigenvalue weighted by atomic mass is 10.1. The highest BCUT2D eigenvalue weighted by atomic mass is 32.2. The monoisotopic (exact) mass is 596 g/mol. The van der Waals surface area contributed by atoms with Crippen LogP contribution >= 0.6 is 0 Å². The van der Waals surface area contributed by atoms with Gasteiger partial charge in [0, 0.05) is 18.7 Å². The van der Waals surface area contributed by atoms with E-state index in [1.54, 1.807) is 24.3 Å². The maximum Gasteiger partial charge on any atom is 0.416 e. The van der Waals surface area contributed by atoms with Crippen LogP contribution in [0.2, 0.25) is 0 Å². The number of anilines is 1. The molecule has 2 amide bonds. The molecule has 0 saturated carbocycles. The van der Waals surface area contributed by atoms with Crippen LogP contribution in [0.15, 0.2) is 65.6 Å². The van der Waals surface area contributed by atoms with Crippen LogP contribution in [0.25, 0.3) is 0 Å². The van der Waals surface area contributed by atoms with Gasteiger partial charge in [-0.2, -0.15) is 21.6 Å². The number of methoxy groups -OCH3 is 3. The summed E-state index contributed by atoms with van der Waals surface area (Å²) < 4.78 is 86.3. The van der Waals surface area contributed by atoms with E-state index in [0.29, 0.717) is 35.2 Å². The lowest BCUT2D eigenvalue weighted by molar-refractivity contribution is -0.137. The molecule has 0 radical (unpaired) electrons. The molecule has 1 atom stereocenters. The number of nitrogens with zero attached hydrogens (tertiary/aromatic N) is 1. The van der Waals surface area contributed by atoms with E-state index in [-0.39, 0.29) is 24.1 Å². The van der Waals surface area contributed by atoms with Gasteiger partial charge in [-0.05, 0) is 61.4 Å². The van der Waals surface area contributed by atoms with Crippen molar-refractivity contribution >= 4 is 21.8 Å². The summed E-state index contributed by atoms with van der Waals surface area (Å²) in [4.78, 5) is 14.2. The van der Waals surface area contributed by atoms with Crippen molar-refractivity contribution < 1.29 is 44.8 Å². The van der Waals surface area contributed by atoms with E-state index in [1.807, 2.05) is 13.8 Å². The average Bonchev–Trinajstić information content (AvgIpc) is 2.95. The standard InChI is InChI=1S/C28H31F3N2O7S/c1-6-18(2)33(27(34)32-23-12-11-21(37-3)16-25(23)39-5)17-19-10-13-24(38-4)26(14-19)40-41(35,36)22-9-7-8-20(15-22)28(29,30)31/h7-16,18H,6,17H2,1-5H3,(H,32,34). The van der Waals surface area contributed by atoms with Crippen LogP contribution in [-0.2, 0) is 22.8 Å². The van der Waals surface area contributed by atoms with Gasteiger partial charge < -0.3 is 28.6 Å². The zero-order chi connectivity index (χ0) is 30.4. The third kappa shape index (κ3) is 7.75. The molecule has 0 aliphatic carbocycles. The first-order chi connectivity index (χ1) is 19.3. The summed E-state index contributed by atoms with van der Waals surface area (Å²) in [5, 5.41) is 2.83. The zero-order valence-electron chi connectivity index (χ0n) is 23.1. The molecule has 0 heterocycles. The van der Waals surface area contributed by atoms with Gasteiger partial charge in [0.25, 0.3) is 0 Å². The molecule has 0 aromatic heterocycles. The van der Waals surface area contributed by atoms with Gasteiger partial charge in [0.15, 0.2) is 11.5 Å². The Balaban J connectivity index is 1.90. The first-order valence-electron chi connectivity index (χ1n) is 12.4. The number of benzene rings is 3. The number of urea groups is 1. The molecule has 13 heteroatoms. The predicted molar refractivity (Wildman–Crippen MR) is 146 cm³/mol. The number of hydrogen-bond acceptors (Lipinski definition) is 7. The molecule has 41 heavy (non-hydrogen) atoms. The van der Waals surface area contributed by atoms with E-state index in [9.17, 15) is 26.4 Å². The quantitative estimate of drug-likeness (QED) is 0.258. The number of nitrogens with one attached hydrogen (secondary N) is 1. The fraction of sp³-hybridized carbons (Fsp3) is 0.321. The molecule has 0 saturated heterocycles. The highest BCUT2D eigenvalue weighted by molar-refractivity contribution is 7.87. The van der Waals surface area contributed by atoms with Crippen LogP contribution in [-0.4, -0.2) is 46.7 Å². The lowest BCUT2D eigenvalue weighted by Gasteiger charge is -2.29. The van der Waals surface area contributed by atoms with Gasteiger partial charge in [-0.15, -0.1) is 0 Å². The summed E-state index contributed by atoms with van der Waals surface area (Å²) in [6.45, 7) is 3.80. The minimum atomic E-state index is -4.74. The van der Waals surface area contributed by atoms with Crippen molar-refractivity contribution in [3.05, 3.63) is 71.8 Å². The Morgan fingerprint density at radius 2 is 1.63 bits per heavy atom. The Hall–Kier alpha value is -4.13. The van der Waals surface area contributed by atoms with Crippen molar-refractivity contribution in [2.24, 2.45) is 0 Å². The molecule has 3 aromatic carbocycles. The molecule has 3 rings (SSSR count). The molecule has 0 aliphatic rings. The molecule has 0 fully saturated rings. The molecule has 0 aliphatic heterocycles. The van der Waals surface area contributed by atoms with Gasteiger partial charge >= 0.3 is 22.3 Å². The summed E-state index contributed by atoms with van der Waals surface area (Å²) in [5.41, 5.74) is -0.235. The molecule has 1 N–H and O–H groups in total. The van der Waals surface area contributed by atoms with Crippen LogP contribution in [0.5, 0.6) is 23.0 Å². The van der Waals surface area contributed by atoms with Crippen LogP contribution in [0.1, 0.15) is 31.4 Å². The van der Waals surface area contributed by atoms with Gasteiger partial charge in [0.05, 0.1) is 32.6 Å². The third-order valence-electron chi connectivity index (χ3n) is 6.26. The third-order valence-corrected chi connectivity index (χ3v) is 7.49. The lowest BCUT2D eigenvalue weighted by Crippen LogP contribution is -2.40. The molecule has 3 aromatic rings. The number of alkyl halides is 3. The second-order valence-electron chi connectivity index (χ2n) is 8.93. The minimum absolute atomic E-state index is 0.0341. The second kappa shape index (κ2) is 13.0. The van der Waals surface area contributed by atoms with Crippen molar-refractivity contribution in [1.82, 2.24) is 4.90 Å². The smallest absolute Gasteiger partial charge is 0.416 e. The van der Waals surface area contributed by atoms with Crippen molar-refractivity contribution in [1.29, 1.82) is 0 Å². The Morgan fingerprint density at radius 1 is 0.927 bits per heavy atom. The first-order valence-corrected chi connectivity index (χ1v) is 13.8. The topological polar surface area (TPSA) is 103 Å². The van der Waals surface area contributed by atoms with Gasteiger partial charge in [0.1, 0.15) is 16.4 Å². The maximum absolute atomic E-state index is 13.4. The van der Waals surface area contributed by atoms with Crippen LogP contribution in [0, 0.1) is 0 Å². The van der Waals surface area contributed by atoms with Crippen LogP contribution < -0.4 is 23.7 Å². The molecule has 9 nitrogen and oxygen atoms in total. The van der Waals surface area contributed by atoms with E-state index in [1.165, 1.54) is 38.4 Å². The fourth-order valence-corrected chi connectivity index (χ4v) is 4.79. The van der Waals surface area contributed by atoms with E-state index in [0.717, 1.165) is 18.2 Å². The molecule has 1 unspecified atom stereocenters. The van der Waals surface area contributed by atoms with E-state index < -0.39 is 32.8 Å². The van der Waals surface area contributed by atoms with E-state index >= 15 is 0 Å². The van der Waals surface area contributed by atoms with Gasteiger partial charge in [-0.3, -0.25) is 0 Å². The summed E-state index contributed by atoms with van der Waals surface area (Å²) in [6.07, 6.45) is -4.13. The van der Waals surface area contributed by atoms with Gasteiger partial charge in [-0.25, -0.2) is 4.79 Å². The van der Waals surface area contributed by atoms with Crippen molar-refractivity contribution in [2.75, 3.05) is 26.6 Å². The zero-order valence-corrected chi connectivity index (χ0v) is 23.9. The van der Waals surface area contributed by atoms with Gasteiger partial charge in [-0.1, -0.05) is 19.1 Å². The Bertz CT molecular complexity index is 1480. The maximum atomic E-state index is 13.4. The molecule has 0 bridgehead atoms. The van der Waals surface area contributed by atoms with Crippen LogP contribution in [0.4, 0.5) is 23.7 Å². The van der Waals surface area contributed by atoms with Crippen molar-refractivity contribution in [3.63, 3.8) is 0 Å². The largest absolute Gasteiger partial charge is 0.497 e. The van der Waals surface area contributed by atoms with Crippen molar-refractivity contribution in [2.45, 2.75) is 43.9 Å². The summed E-state index contributed by atoms with van der Waals surface area (Å²) in [6, 6.07) is 11.9. The van der Waals surface area contributed by atoms with Crippen molar-refractivity contribution in [3.8, 4) is 23.0 Å². The molecular formula is C28H31F3N2O7S. The number of hydrogen-bond donors (Lipinski definition) is 1. The van der Waals surface area contributed by atoms with E-state index in [2.05, 4.69) is 5.32 Å². The fourth-order valence-electron chi connectivity index (χ4n) is 3.81. The molecule has 0 spiro atoms.